The van der Waals surface area contributed by atoms with Gasteiger partial charge in [0.05, 0.1) is 31.8 Å². The molecule has 2 amide bonds. The first-order valence-electron chi connectivity index (χ1n) is 9.34. The van der Waals surface area contributed by atoms with Gasteiger partial charge < -0.3 is 24.2 Å². The number of carbonyl (C=O) groups excluding carboxylic acids is 2. The summed E-state index contributed by atoms with van der Waals surface area (Å²) in [5, 5.41) is 6.37. The number of benzene rings is 1. The molecule has 1 fully saturated rings. The number of amides is 2. The summed E-state index contributed by atoms with van der Waals surface area (Å²) in [4.78, 5) is 26.6. The monoisotopic (exact) mass is 419 g/mol. The molecule has 1 aliphatic rings. The molecule has 1 aromatic carbocycles. The van der Waals surface area contributed by atoms with Crippen molar-refractivity contribution in [2.75, 3.05) is 37.6 Å². The Balaban J connectivity index is 1.55. The largest absolute Gasteiger partial charge is 0.497 e. The lowest BCUT2D eigenvalue weighted by Crippen LogP contribution is -2.32. The lowest BCUT2D eigenvalue weighted by Gasteiger charge is -2.26. The van der Waals surface area contributed by atoms with Crippen molar-refractivity contribution >= 4 is 29.4 Å². The zero-order valence-corrected chi connectivity index (χ0v) is 17.6. The van der Waals surface area contributed by atoms with Gasteiger partial charge in [-0.3, -0.25) is 9.59 Å². The Morgan fingerprint density at radius 3 is 2.79 bits per heavy atom. The van der Waals surface area contributed by atoms with Gasteiger partial charge in [-0.1, -0.05) is 5.16 Å². The van der Waals surface area contributed by atoms with E-state index in [2.05, 4.69) is 10.5 Å². The van der Waals surface area contributed by atoms with E-state index in [1.54, 1.807) is 27.2 Å². The molecule has 0 aliphatic carbocycles. The number of likely N-dealkylation sites (tertiary alicyclic amines) is 1. The Labute approximate surface area is 173 Å². The molecule has 1 N–H and O–H groups in total. The third-order valence-electron chi connectivity index (χ3n) is 4.73. The third kappa shape index (κ3) is 5.23. The second-order valence-electron chi connectivity index (χ2n) is 6.72. The van der Waals surface area contributed by atoms with Crippen LogP contribution in [0.3, 0.4) is 0 Å². The number of carbonyl (C=O) groups is 2. The molecule has 1 aromatic heterocycles. The number of anilines is 1. The van der Waals surface area contributed by atoms with Crippen molar-refractivity contribution in [1.82, 2.24) is 10.1 Å². The van der Waals surface area contributed by atoms with Crippen LogP contribution >= 0.6 is 11.8 Å². The maximum atomic E-state index is 12.8. The molecule has 0 spiro atoms. The second-order valence-corrected chi connectivity index (χ2v) is 7.70. The molecule has 1 aliphatic heterocycles. The van der Waals surface area contributed by atoms with Crippen LogP contribution in [0.4, 0.5) is 5.82 Å². The van der Waals surface area contributed by atoms with Gasteiger partial charge in [-0.05, 0) is 31.9 Å². The minimum Gasteiger partial charge on any atom is -0.497 e. The maximum Gasteiger partial charge on any atom is 0.235 e. The molecule has 29 heavy (non-hydrogen) atoms. The van der Waals surface area contributed by atoms with Gasteiger partial charge in [0.15, 0.2) is 5.82 Å². The van der Waals surface area contributed by atoms with Crippen molar-refractivity contribution in [3.63, 3.8) is 0 Å². The van der Waals surface area contributed by atoms with E-state index < -0.39 is 0 Å². The van der Waals surface area contributed by atoms with Gasteiger partial charge in [0, 0.05) is 24.2 Å². The first kappa shape index (κ1) is 21.0. The maximum absolute atomic E-state index is 12.8. The molecule has 156 valence electrons. The highest BCUT2D eigenvalue weighted by atomic mass is 32.2. The quantitative estimate of drug-likeness (QED) is 0.703. The highest BCUT2D eigenvalue weighted by Crippen LogP contribution is 2.38. The highest BCUT2D eigenvalue weighted by molar-refractivity contribution is 8.00. The molecule has 9 heteroatoms. The van der Waals surface area contributed by atoms with Crippen molar-refractivity contribution in [2.24, 2.45) is 0 Å². The first-order valence-corrected chi connectivity index (χ1v) is 10.5. The summed E-state index contributed by atoms with van der Waals surface area (Å²) in [5.74, 6) is 2.63. The number of rotatable bonds is 8. The van der Waals surface area contributed by atoms with Crippen molar-refractivity contribution in [2.45, 2.75) is 25.8 Å². The Morgan fingerprint density at radius 2 is 2.10 bits per heavy atom. The van der Waals surface area contributed by atoms with Crippen LogP contribution in [0.1, 0.15) is 30.2 Å². The molecular formula is C20H25N3O5S. The Kier molecular flexibility index (Phi) is 7.03. The van der Waals surface area contributed by atoms with Crippen LogP contribution in [-0.2, 0) is 9.59 Å². The molecule has 1 unspecified atom stereocenters. The zero-order chi connectivity index (χ0) is 20.8. The van der Waals surface area contributed by atoms with Gasteiger partial charge in [0.2, 0.25) is 11.8 Å². The normalized spacial score (nSPS) is 16.0. The summed E-state index contributed by atoms with van der Waals surface area (Å²) in [6.07, 6.45) is 1.81. The van der Waals surface area contributed by atoms with E-state index in [0.717, 1.165) is 18.4 Å². The van der Waals surface area contributed by atoms with E-state index in [4.69, 9.17) is 14.0 Å². The second kappa shape index (κ2) is 9.69. The minimum absolute atomic E-state index is 0.0143. The molecule has 3 rings (SSSR count). The van der Waals surface area contributed by atoms with Crippen LogP contribution in [0.15, 0.2) is 28.8 Å². The summed E-state index contributed by atoms with van der Waals surface area (Å²) >= 11 is 1.28. The van der Waals surface area contributed by atoms with Gasteiger partial charge in [-0.15, -0.1) is 11.8 Å². The third-order valence-corrected chi connectivity index (χ3v) is 5.64. The van der Waals surface area contributed by atoms with Gasteiger partial charge in [0.25, 0.3) is 0 Å². The smallest absolute Gasteiger partial charge is 0.235 e. The lowest BCUT2D eigenvalue weighted by atomic mass is 10.0. The minimum atomic E-state index is -0.217. The number of aromatic nitrogens is 1. The lowest BCUT2D eigenvalue weighted by molar-refractivity contribution is -0.129. The van der Waals surface area contributed by atoms with Gasteiger partial charge in [-0.25, -0.2) is 0 Å². The predicted octanol–water partition coefficient (Wildman–Crippen LogP) is 3.04. The van der Waals surface area contributed by atoms with Crippen molar-refractivity contribution in [3.8, 4) is 11.5 Å². The fourth-order valence-electron chi connectivity index (χ4n) is 3.40. The number of ether oxygens (including phenoxy) is 2. The molecule has 1 atom stereocenters. The molecule has 2 heterocycles. The van der Waals surface area contributed by atoms with Crippen LogP contribution in [0.25, 0.3) is 0 Å². The summed E-state index contributed by atoms with van der Waals surface area (Å²) in [6.45, 7) is 2.45. The SMILES string of the molecule is COc1ccc(C2CCCN2C(=O)CSCC(=O)Nc2cc(C)on2)c(OC)c1. The van der Waals surface area contributed by atoms with Crippen molar-refractivity contribution in [3.05, 3.63) is 35.6 Å². The predicted molar refractivity (Wildman–Crippen MR) is 110 cm³/mol. The van der Waals surface area contributed by atoms with Crippen LogP contribution < -0.4 is 14.8 Å². The fraction of sp³-hybridized carbons (Fsp3) is 0.450. The zero-order valence-electron chi connectivity index (χ0n) is 16.8. The van der Waals surface area contributed by atoms with Gasteiger partial charge in [0.1, 0.15) is 17.3 Å². The van der Waals surface area contributed by atoms with E-state index >= 15 is 0 Å². The van der Waals surface area contributed by atoms with Crippen LogP contribution in [0.2, 0.25) is 0 Å². The summed E-state index contributed by atoms with van der Waals surface area (Å²) < 4.78 is 15.7. The van der Waals surface area contributed by atoms with Crippen molar-refractivity contribution < 1.29 is 23.6 Å². The Hall–Kier alpha value is -2.68. The summed E-state index contributed by atoms with van der Waals surface area (Å²) in [6, 6.07) is 7.28. The number of methoxy groups -OCH3 is 2. The molecule has 1 saturated heterocycles. The first-order chi connectivity index (χ1) is 14.0. The molecule has 8 nitrogen and oxygen atoms in total. The average molecular weight is 420 g/mol. The fourth-order valence-corrected chi connectivity index (χ4v) is 4.10. The molecule has 0 bridgehead atoms. The molecule has 2 aromatic rings. The standard InChI is InChI=1S/C20H25N3O5S/c1-13-9-18(22-28-13)21-19(24)11-29-12-20(25)23-8-4-5-16(23)15-7-6-14(26-2)10-17(15)27-3/h6-7,9-10,16H,4-5,8,11-12H2,1-3H3,(H,21,22,24). The number of hydrogen-bond donors (Lipinski definition) is 1. The molecule has 0 saturated carbocycles. The Bertz CT molecular complexity index is 870. The van der Waals surface area contributed by atoms with Crippen LogP contribution in [0.5, 0.6) is 11.5 Å². The van der Waals surface area contributed by atoms with E-state index in [0.29, 0.717) is 29.6 Å². The summed E-state index contributed by atoms with van der Waals surface area (Å²) in [5.41, 5.74) is 0.975. The van der Waals surface area contributed by atoms with E-state index in [9.17, 15) is 9.59 Å². The summed E-state index contributed by atoms with van der Waals surface area (Å²) in [7, 11) is 3.22. The van der Waals surface area contributed by atoms with Crippen LogP contribution in [-0.4, -0.2) is 54.1 Å². The number of nitrogens with one attached hydrogen (secondary N) is 1. The van der Waals surface area contributed by atoms with Gasteiger partial charge in [-0.2, -0.15) is 0 Å². The van der Waals surface area contributed by atoms with Crippen molar-refractivity contribution in [1.29, 1.82) is 0 Å². The van der Waals surface area contributed by atoms with E-state index in [1.165, 1.54) is 11.8 Å². The Morgan fingerprint density at radius 1 is 1.28 bits per heavy atom. The van der Waals surface area contributed by atoms with E-state index in [-0.39, 0.29) is 29.4 Å². The number of thioether (sulfide) groups is 1. The molecular weight excluding hydrogens is 394 g/mol. The topological polar surface area (TPSA) is 93.9 Å². The van der Waals surface area contributed by atoms with E-state index in [1.807, 2.05) is 23.1 Å². The number of aryl methyl sites for hydroxylation is 1. The molecule has 0 radical (unpaired) electrons. The van der Waals surface area contributed by atoms with Crippen LogP contribution in [0, 0.1) is 6.92 Å². The average Bonchev–Trinajstić information content (AvgIpc) is 3.36. The van der Waals surface area contributed by atoms with Gasteiger partial charge >= 0.3 is 0 Å². The number of nitrogens with zero attached hydrogens (tertiary/aromatic N) is 2. The number of hydrogen-bond acceptors (Lipinski definition) is 7. The highest BCUT2D eigenvalue weighted by Gasteiger charge is 2.31.